The van der Waals surface area contributed by atoms with Crippen molar-refractivity contribution in [2.24, 2.45) is 0 Å². The van der Waals surface area contributed by atoms with Gasteiger partial charge in [0.05, 0.1) is 11.0 Å². The molecular weight excluding hydrogens is 668 g/mol. The highest BCUT2D eigenvalue weighted by atomic mass is 19.4. The molecule has 0 radical (unpaired) electrons. The van der Waals surface area contributed by atoms with Crippen molar-refractivity contribution in [2.45, 2.75) is 56.3 Å². The Balaban J connectivity index is 1.46. The quantitative estimate of drug-likeness (QED) is 0.146. The Labute approximate surface area is 299 Å². The summed E-state index contributed by atoms with van der Waals surface area (Å²) in [6, 6.07) is 42.9. The standard InChI is InChI=1S/C45H37F6N/c1-41(2,30-14-8-5-9-15-30)34-22-26-39-37(28-34)38-29-35(42(3,4)31-16-10-6-11-17-31)23-27-40(38)52(39)36-24-20-33(21-25-36)43(44(46,47)48,45(49,50)51)32-18-12-7-13-19-32/h5-29H,1-4H3. The number of benzene rings is 6. The molecule has 264 valence electrons. The molecule has 0 atom stereocenters. The zero-order valence-electron chi connectivity index (χ0n) is 29.1. The molecule has 7 aromatic rings. The number of alkyl halides is 6. The fourth-order valence-electron chi connectivity index (χ4n) is 7.65. The van der Waals surface area contributed by atoms with E-state index in [9.17, 15) is 26.3 Å². The van der Waals surface area contributed by atoms with Crippen LogP contribution in [-0.4, -0.2) is 16.9 Å². The summed E-state index contributed by atoms with van der Waals surface area (Å²) < 4.78 is 90.8. The van der Waals surface area contributed by atoms with Gasteiger partial charge < -0.3 is 4.57 Å². The van der Waals surface area contributed by atoms with Crippen LogP contribution >= 0.6 is 0 Å². The van der Waals surface area contributed by atoms with E-state index in [0.717, 1.165) is 68.3 Å². The molecule has 0 aliphatic rings. The van der Waals surface area contributed by atoms with Crippen molar-refractivity contribution < 1.29 is 26.3 Å². The number of halogens is 6. The molecule has 6 aromatic carbocycles. The molecule has 52 heavy (non-hydrogen) atoms. The molecule has 0 saturated heterocycles. The first-order valence-electron chi connectivity index (χ1n) is 17.1. The van der Waals surface area contributed by atoms with Crippen molar-refractivity contribution >= 4 is 21.8 Å². The Morgan fingerprint density at radius 3 is 1.06 bits per heavy atom. The maximum Gasteiger partial charge on any atom is 0.411 e. The molecule has 7 rings (SSSR count). The van der Waals surface area contributed by atoms with E-state index >= 15 is 0 Å². The lowest BCUT2D eigenvalue weighted by molar-refractivity contribution is -0.288. The van der Waals surface area contributed by atoms with Crippen LogP contribution in [0.2, 0.25) is 0 Å². The number of nitrogens with zero attached hydrogens (tertiary/aromatic N) is 1. The predicted molar refractivity (Wildman–Crippen MR) is 197 cm³/mol. The van der Waals surface area contributed by atoms with E-state index in [2.05, 4.69) is 64.1 Å². The Hall–Kier alpha value is -5.30. The molecule has 1 aromatic heterocycles. The van der Waals surface area contributed by atoms with Crippen LogP contribution in [0.3, 0.4) is 0 Å². The van der Waals surface area contributed by atoms with Crippen LogP contribution in [0.15, 0.2) is 152 Å². The van der Waals surface area contributed by atoms with E-state index in [1.54, 1.807) is 0 Å². The van der Waals surface area contributed by atoms with Crippen LogP contribution in [0.4, 0.5) is 26.3 Å². The first-order valence-corrected chi connectivity index (χ1v) is 17.1. The van der Waals surface area contributed by atoms with Crippen LogP contribution in [0.25, 0.3) is 27.5 Å². The summed E-state index contributed by atoms with van der Waals surface area (Å²) in [5, 5.41) is 1.85. The highest BCUT2D eigenvalue weighted by Gasteiger charge is 2.72. The van der Waals surface area contributed by atoms with E-state index in [1.165, 1.54) is 30.3 Å². The first-order chi connectivity index (χ1) is 24.6. The summed E-state index contributed by atoms with van der Waals surface area (Å²) in [6.45, 7) is 8.63. The van der Waals surface area contributed by atoms with Gasteiger partial charge in [-0.3, -0.25) is 0 Å². The largest absolute Gasteiger partial charge is 0.411 e. The molecule has 0 amide bonds. The van der Waals surface area contributed by atoms with Crippen LogP contribution in [-0.2, 0) is 16.2 Å². The van der Waals surface area contributed by atoms with E-state index in [4.69, 9.17) is 0 Å². The number of rotatable bonds is 7. The molecule has 0 N–H and O–H groups in total. The summed E-state index contributed by atoms with van der Waals surface area (Å²) in [4.78, 5) is 0. The minimum atomic E-state index is -5.66. The lowest BCUT2D eigenvalue weighted by atomic mass is 9.73. The second-order valence-corrected chi connectivity index (χ2v) is 14.4. The number of hydrogen-bond donors (Lipinski definition) is 0. The molecule has 0 fully saturated rings. The summed E-state index contributed by atoms with van der Waals surface area (Å²) in [5.74, 6) is 0. The fourth-order valence-corrected chi connectivity index (χ4v) is 7.65. The third kappa shape index (κ3) is 5.49. The zero-order chi connectivity index (χ0) is 37.1. The monoisotopic (exact) mass is 705 g/mol. The van der Waals surface area contributed by atoms with E-state index in [1.807, 2.05) is 65.2 Å². The molecule has 0 unspecified atom stereocenters. The van der Waals surface area contributed by atoms with Gasteiger partial charge in [-0.25, -0.2) is 0 Å². The predicted octanol–water partition coefficient (Wildman–Crippen LogP) is 12.8. The minimum absolute atomic E-state index is 0.359. The maximum atomic E-state index is 14.8. The Morgan fingerprint density at radius 1 is 0.365 bits per heavy atom. The van der Waals surface area contributed by atoms with Crippen molar-refractivity contribution in [2.75, 3.05) is 0 Å². The second-order valence-electron chi connectivity index (χ2n) is 14.4. The number of aromatic nitrogens is 1. The third-order valence-corrected chi connectivity index (χ3v) is 10.8. The van der Waals surface area contributed by atoms with Crippen molar-refractivity contribution in [3.8, 4) is 5.69 Å². The molecular formula is C45H37F6N. The summed E-state index contributed by atoms with van der Waals surface area (Å²) in [5.41, 5.74) is -0.304. The van der Waals surface area contributed by atoms with Gasteiger partial charge in [0.2, 0.25) is 5.41 Å². The lowest BCUT2D eigenvalue weighted by Crippen LogP contribution is -2.54. The van der Waals surface area contributed by atoms with Crippen LogP contribution in [0, 0.1) is 0 Å². The van der Waals surface area contributed by atoms with Crippen LogP contribution in [0.1, 0.15) is 61.1 Å². The molecule has 0 aliphatic carbocycles. The fraction of sp³-hybridized carbons (Fsp3) is 0.200. The van der Waals surface area contributed by atoms with Crippen molar-refractivity contribution in [3.05, 3.63) is 185 Å². The average molecular weight is 706 g/mol. The van der Waals surface area contributed by atoms with Gasteiger partial charge in [0.1, 0.15) is 0 Å². The lowest BCUT2D eigenvalue weighted by Gasteiger charge is -2.38. The Morgan fingerprint density at radius 2 is 0.692 bits per heavy atom. The summed E-state index contributed by atoms with van der Waals surface area (Å²) in [6.07, 6.45) is -11.3. The third-order valence-electron chi connectivity index (χ3n) is 10.8. The molecule has 0 saturated carbocycles. The highest BCUT2D eigenvalue weighted by molar-refractivity contribution is 6.10. The topological polar surface area (TPSA) is 4.93 Å². The van der Waals surface area contributed by atoms with Crippen molar-refractivity contribution in [3.63, 3.8) is 0 Å². The summed E-state index contributed by atoms with van der Waals surface area (Å²) in [7, 11) is 0. The molecule has 7 heteroatoms. The smallest absolute Gasteiger partial charge is 0.309 e. The van der Waals surface area contributed by atoms with Crippen molar-refractivity contribution in [1.29, 1.82) is 0 Å². The Bertz CT molecular complexity index is 2230. The van der Waals surface area contributed by atoms with Gasteiger partial charge in [-0.2, -0.15) is 26.3 Å². The van der Waals surface area contributed by atoms with Crippen LogP contribution < -0.4 is 0 Å². The van der Waals surface area contributed by atoms with Gasteiger partial charge >= 0.3 is 12.4 Å². The van der Waals surface area contributed by atoms with Gasteiger partial charge in [0, 0.05) is 27.3 Å². The second kappa shape index (κ2) is 12.4. The molecule has 0 spiro atoms. The van der Waals surface area contributed by atoms with E-state index < -0.39 is 28.9 Å². The normalized spacial score (nSPS) is 13.2. The maximum absolute atomic E-state index is 14.8. The van der Waals surface area contributed by atoms with Crippen molar-refractivity contribution in [1.82, 2.24) is 4.57 Å². The van der Waals surface area contributed by atoms with E-state index in [0.29, 0.717) is 5.69 Å². The number of hydrogen-bond acceptors (Lipinski definition) is 0. The first kappa shape index (κ1) is 35.1. The SMILES string of the molecule is CC(C)(c1ccccc1)c1ccc2c(c1)c1cc(C(C)(C)c3ccccc3)ccc1n2-c1ccc(C(c2ccccc2)(C(F)(F)F)C(F)(F)F)cc1. The highest BCUT2D eigenvalue weighted by Crippen LogP contribution is 2.56. The molecule has 0 aliphatic heterocycles. The van der Waals surface area contributed by atoms with E-state index in [-0.39, 0.29) is 10.8 Å². The molecule has 0 bridgehead atoms. The number of fused-ring (bicyclic) bond motifs is 3. The average Bonchev–Trinajstić information content (AvgIpc) is 3.45. The molecule has 1 heterocycles. The van der Waals surface area contributed by atoms with Crippen LogP contribution in [0.5, 0.6) is 0 Å². The summed E-state index contributed by atoms with van der Waals surface area (Å²) >= 11 is 0. The molecule has 1 nitrogen and oxygen atoms in total. The van der Waals surface area contributed by atoms with Gasteiger partial charge in [-0.15, -0.1) is 0 Å². The minimum Gasteiger partial charge on any atom is -0.309 e. The van der Waals surface area contributed by atoms with Gasteiger partial charge in [-0.05, 0) is 69.8 Å². The Kier molecular flexibility index (Phi) is 8.40. The van der Waals surface area contributed by atoms with Gasteiger partial charge in [0.25, 0.3) is 0 Å². The zero-order valence-corrected chi connectivity index (χ0v) is 29.1. The van der Waals surface area contributed by atoms with Gasteiger partial charge in [0.15, 0.2) is 0 Å². The van der Waals surface area contributed by atoms with Gasteiger partial charge in [-0.1, -0.05) is 143 Å².